The highest BCUT2D eigenvalue weighted by Crippen LogP contribution is 2.35. The van der Waals surface area contributed by atoms with Crippen molar-refractivity contribution in [3.63, 3.8) is 0 Å². The summed E-state index contributed by atoms with van der Waals surface area (Å²) in [5, 5.41) is 54.6. The molecule has 0 radical (unpaired) electrons. The van der Waals surface area contributed by atoms with E-state index in [0.29, 0.717) is 23.0 Å². The molecule has 0 saturated carbocycles. The molecule has 2 aromatic heterocycles. The number of hydrogen-bond acceptors (Lipinski definition) is 16. The van der Waals surface area contributed by atoms with Crippen LogP contribution in [0.3, 0.4) is 0 Å². The lowest BCUT2D eigenvalue weighted by atomic mass is 10.2. The third-order valence-corrected chi connectivity index (χ3v) is 7.93. The Morgan fingerprint density at radius 1 is 0.829 bits per heavy atom. The number of nitrogens with one attached hydrogen (secondary N) is 1. The van der Waals surface area contributed by atoms with Crippen LogP contribution >= 0.6 is 34.4 Å². The number of non-ortho nitro benzene ring substituents is 1. The van der Waals surface area contributed by atoms with Crippen LogP contribution in [-0.4, -0.2) is 53.4 Å². The predicted molar refractivity (Wildman–Crippen MR) is 151 cm³/mol. The summed E-state index contributed by atoms with van der Waals surface area (Å²) in [6.07, 6.45) is 1.28. The van der Waals surface area contributed by atoms with Gasteiger partial charge in [0, 0.05) is 25.0 Å². The van der Waals surface area contributed by atoms with Gasteiger partial charge in [-0.1, -0.05) is 33.8 Å². The van der Waals surface area contributed by atoms with Gasteiger partial charge in [-0.25, -0.2) is 0 Å². The zero-order valence-electron chi connectivity index (χ0n) is 21.1. The van der Waals surface area contributed by atoms with Gasteiger partial charge in [0.1, 0.15) is 10.0 Å². The van der Waals surface area contributed by atoms with E-state index in [1.807, 2.05) is 0 Å². The smallest absolute Gasteiger partial charge is 0.318 e. The quantitative estimate of drug-likeness (QED) is 0.0785. The lowest BCUT2D eigenvalue weighted by Gasteiger charge is -2.07. The van der Waals surface area contributed by atoms with Crippen molar-refractivity contribution in [1.29, 1.82) is 0 Å². The number of nitro groups is 3. The molecule has 0 amide bonds. The molecule has 2 heterocycles. The highest BCUT2D eigenvalue weighted by molar-refractivity contribution is 7.99. The van der Waals surface area contributed by atoms with Crippen LogP contribution in [0.4, 0.5) is 22.2 Å². The first kappa shape index (κ1) is 29.5. The van der Waals surface area contributed by atoms with Gasteiger partial charge in [0.15, 0.2) is 12.5 Å². The number of hydrogen-bond donors (Lipinski definition) is 1. The SMILES string of the molecule is Cc1ccc(OCNc2nnc(CCSCCc3nnc(Oc4ccc([N+](=O)[O-])cc4[N+](=O)[O-])s3)s2)c([N+](=O)[O-])c1. The fourth-order valence-electron chi connectivity index (χ4n) is 3.24. The molecule has 214 valence electrons. The molecule has 0 spiro atoms. The van der Waals surface area contributed by atoms with Crippen molar-refractivity contribution < 1.29 is 24.2 Å². The van der Waals surface area contributed by atoms with Crippen molar-refractivity contribution in [3.05, 3.63) is 82.3 Å². The van der Waals surface area contributed by atoms with Crippen LogP contribution in [-0.2, 0) is 12.8 Å². The Balaban J connectivity index is 1.18. The summed E-state index contributed by atoms with van der Waals surface area (Å²) in [5.74, 6) is 1.51. The van der Waals surface area contributed by atoms with Crippen molar-refractivity contribution in [2.45, 2.75) is 19.8 Å². The fraction of sp³-hybridized carbons (Fsp3) is 0.273. The minimum atomic E-state index is -0.759. The predicted octanol–water partition coefficient (Wildman–Crippen LogP) is 5.18. The summed E-state index contributed by atoms with van der Waals surface area (Å²) in [5.41, 5.74) is -0.295. The molecule has 19 heteroatoms. The van der Waals surface area contributed by atoms with Crippen LogP contribution in [0.15, 0.2) is 36.4 Å². The molecule has 4 rings (SSSR count). The Morgan fingerprint density at radius 2 is 1.49 bits per heavy atom. The average Bonchev–Trinajstić information content (AvgIpc) is 3.58. The third kappa shape index (κ3) is 8.25. The van der Waals surface area contributed by atoms with E-state index in [4.69, 9.17) is 9.47 Å². The van der Waals surface area contributed by atoms with Gasteiger partial charge in [0.25, 0.3) is 10.9 Å². The number of benzene rings is 2. The molecule has 2 aromatic carbocycles. The average molecular weight is 621 g/mol. The van der Waals surface area contributed by atoms with Gasteiger partial charge in [-0.05, 0) is 36.1 Å². The van der Waals surface area contributed by atoms with E-state index < -0.39 is 26.1 Å². The van der Waals surface area contributed by atoms with Crippen LogP contribution in [0.5, 0.6) is 16.7 Å². The maximum absolute atomic E-state index is 11.3. The van der Waals surface area contributed by atoms with Crippen molar-refractivity contribution >= 4 is 56.6 Å². The normalized spacial score (nSPS) is 10.8. The maximum atomic E-state index is 11.3. The van der Waals surface area contributed by atoms with Crippen LogP contribution in [0.2, 0.25) is 0 Å². The van der Waals surface area contributed by atoms with E-state index in [-0.39, 0.29) is 29.1 Å². The van der Waals surface area contributed by atoms with E-state index in [9.17, 15) is 30.3 Å². The Bertz CT molecular complexity index is 1560. The highest BCUT2D eigenvalue weighted by atomic mass is 32.2. The van der Waals surface area contributed by atoms with E-state index >= 15 is 0 Å². The van der Waals surface area contributed by atoms with Gasteiger partial charge >= 0.3 is 11.4 Å². The number of nitro benzene ring substituents is 3. The van der Waals surface area contributed by atoms with Gasteiger partial charge in [-0.15, -0.1) is 15.3 Å². The molecule has 0 aliphatic carbocycles. The molecule has 0 aliphatic rings. The highest BCUT2D eigenvalue weighted by Gasteiger charge is 2.22. The van der Waals surface area contributed by atoms with Gasteiger partial charge in [0.05, 0.1) is 20.8 Å². The second kappa shape index (κ2) is 13.7. The van der Waals surface area contributed by atoms with Crippen LogP contribution in [0.1, 0.15) is 15.6 Å². The molecule has 0 aliphatic heterocycles. The molecule has 0 bridgehead atoms. The first-order valence-electron chi connectivity index (χ1n) is 11.6. The van der Waals surface area contributed by atoms with Gasteiger partial charge in [-0.3, -0.25) is 30.3 Å². The zero-order valence-corrected chi connectivity index (χ0v) is 23.6. The van der Waals surface area contributed by atoms with Crippen molar-refractivity contribution in [2.75, 3.05) is 23.6 Å². The lowest BCUT2D eigenvalue weighted by Crippen LogP contribution is -2.09. The lowest BCUT2D eigenvalue weighted by molar-refractivity contribution is -0.394. The second-order valence-electron chi connectivity index (χ2n) is 8.04. The van der Waals surface area contributed by atoms with Gasteiger partial charge in [0.2, 0.25) is 10.9 Å². The number of thioether (sulfide) groups is 1. The van der Waals surface area contributed by atoms with Crippen LogP contribution < -0.4 is 14.8 Å². The van der Waals surface area contributed by atoms with E-state index in [0.717, 1.165) is 51.6 Å². The van der Waals surface area contributed by atoms with Gasteiger partial charge in [-0.2, -0.15) is 11.8 Å². The van der Waals surface area contributed by atoms with E-state index in [2.05, 4.69) is 25.7 Å². The molecular weight excluding hydrogens is 600 g/mol. The molecule has 0 fully saturated rings. The van der Waals surface area contributed by atoms with Crippen molar-refractivity contribution in [3.8, 4) is 16.7 Å². The Kier molecular flexibility index (Phi) is 9.87. The number of rotatable bonds is 15. The molecule has 0 unspecified atom stereocenters. The Labute approximate surface area is 243 Å². The maximum Gasteiger partial charge on any atom is 0.318 e. The summed E-state index contributed by atoms with van der Waals surface area (Å²) in [6.45, 7) is 1.76. The minimum absolute atomic E-state index is 0.00161. The standard InChI is InChI=1S/C22H20N8O8S3/c1-13-2-4-17(15(10-13)29(33)34)37-12-23-21-26-24-19(40-21)6-8-39-9-7-20-25-27-22(41-20)38-18-5-3-14(28(31)32)11-16(18)30(35)36/h2-5,10-11H,6-9,12H2,1H3,(H,23,26). The second-order valence-corrected chi connectivity index (χ2v) is 11.3. The summed E-state index contributed by atoms with van der Waals surface area (Å²) in [7, 11) is 0. The topological polar surface area (TPSA) is 211 Å². The number of nitrogens with zero attached hydrogens (tertiary/aromatic N) is 7. The van der Waals surface area contributed by atoms with Crippen LogP contribution in [0.25, 0.3) is 0 Å². The van der Waals surface area contributed by atoms with Crippen molar-refractivity contribution in [1.82, 2.24) is 20.4 Å². The Morgan fingerprint density at radius 3 is 2.20 bits per heavy atom. The summed E-state index contributed by atoms with van der Waals surface area (Å²) >= 11 is 4.17. The summed E-state index contributed by atoms with van der Waals surface area (Å²) in [4.78, 5) is 31.4. The minimum Gasteiger partial charge on any atom is -0.466 e. The van der Waals surface area contributed by atoms with Crippen LogP contribution in [0, 0.1) is 37.3 Å². The number of aromatic nitrogens is 4. The first-order chi connectivity index (χ1) is 19.7. The Hall–Kier alpha value is -4.49. The zero-order chi connectivity index (χ0) is 29.4. The van der Waals surface area contributed by atoms with Gasteiger partial charge < -0.3 is 14.8 Å². The molecular formula is C22H20N8O8S3. The van der Waals surface area contributed by atoms with E-state index in [1.165, 1.54) is 17.4 Å². The summed E-state index contributed by atoms with van der Waals surface area (Å²) in [6, 6.07) is 7.84. The number of aryl methyl sites for hydroxylation is 3. The molecule has 4 aromatic rings. The third-order valence-electron chi connectivity index (χ3n) is 5.15. The molecule has 1 N–H and O–H groups in total. The monoisotopic (exact) mass is 620 g/mol. The number of anilines is 1. The van der Waals surface area contributed by atoms with E-state index in [1.54, 1.807) is 30.8 Å². The summed E-state index contributed by atoms with van der Waals surface area (Å²) < 4.78 is 11.0. The number of ether oxygens (including phenoxy) is 2. The first-order valence-corrected chi connectivity index (χ1v) is 14.4. The molecule has 0 atom stereocenters. The van der Waals surface area contributed by atoms with Crippen molar-refractivity contribution in [2.24, 2.45) is 0 Å². The largest absolute Gasteiger partial charge is 0.466 e. The fourth-order valence-corrected chi connectivity index (χ4v) is 5.80. The molecule has 41 heavy (non-hydrogen) atoms. The molecule has 16 nitrogen and oxygen atoms in total. The molecule has 0 saturated heterocycles.